The van der Waals surface area contributed by atoms with E-state index in [-0.39, 0.29) is 5.91 Å². The van der Waals surface area contributed by atoms with Crippen LogP contribution in [0.15, 0.2) is 60.2 Å². The lowest BCUT2D eigenvalue weighted by atomic mass is 10.1. The van der Waals surface area contributed by atoms with E-state index in [2.05, 4.69) is 15.3 Å². The Balaban J connectivity index is 1.68. The van der Waals surface area contributed by atoms with Gasteiger partial charge in [0.05, 0.1) is 25.0 Å². The van der Waals surface area contributed by atoms with Crippen LogP contribution in [0.3, 0.4) is 0 Å². The molecule has 0 radical (unpaired) electrons. The minimum atomic E-state index is -0.225. The van der Waals surface area contributed by atoms with E-state index in [4.69, 9.17) is 4.74 Å². The van der Waals surface area contributed by atoms with Gasteiger partial charge in [-0.25, -0.2) is 4.98 Å². The number of amides is 1. The molecular weight excluding hydrogens is 348 g/mol. The monoisotopic (exact) mass is 364 g/mol. The Morgan fingerprint density at radius 3 is 2.81 bits per heavy atom. The summed E-state index contributed by atoms with van der Waals surface area (Å²) >= 11 is 1.49. The van der Waals surface area contributed by atoms with Crippen molar-refractivity contribution in [1.29, 1.82) is 0 Å². The van der Waals surface area contributed by atoms with Crippen molar-refractivity contribution in [3.8, 4) is 17.0 Å². The van der Waals surface area contributed by atoms with Crippen LogP contribution >= 0.6 is 11.3 Å². The topological polar surface area (TPSA) is 68.5 Å². The van der Waals surface area contributed by atoms with Crippen molar-refractivity contribution in [3.05, 3.63) is 71.6 Å². The number of hydrogen-bond acceptors (Lipinski definition) is 5. The Hall–Kier alpha value is -3.19. The van der Waals surface area contributed by atoms with Crippen molar-refractivity contribution in [1.82, 2.24) is 19.7 Å². The lowest BCUT2D eigenvalue weighted by Gasteiger charge is -2.07. The molecule has 1 aromatic carbocycles. The van der Waals surface area contributed by atoms with Gasteiger partial charge in [0.2, 0.25) is 0 Å². The third kappa shape index (κ3) is 3.04. The molecule has 3 aromatic heterocycles. The molecule has 4 aromatic rings. The van der Waals surface area contributed by atoms with Crippen LogP contribution in [-0.2, 0) is 6.54 Å². The van der Waals surface area contributed by atoms with Crippen LogP contribution < -0.4 is 10.1 Å². The summed E-state index contributed by atoms with van der Waals surface area (Å²) in [5, 5.41) is 4.85. The predicted octanol–water partition coefficient (Wildman–Crippen LogP) is 3.40. The molecule has 0 saturated heterocycles. The number of nitrogens with one attached hydrogen (secondary N) is 1. The Labute approximate surface area is 154 Å². The molecule has 6 nitrogen and oxygen atoms in total. The first kappa shape index (κ1) is 16.3. The van der Waals surface area contributed by atoms with Crippen molar-refractivity contribution >= 4 is 22.2 Å². The van der Waals surface area contributed by atoms with Crippen molar-refractivity contribution < 1.29 is 9.53 Å². The zero-order chi connectivity index (χ0) is 17.9. The van der Waals surface area contributed by atoms with Gasteiger partial charge in [0.15, 0.2) is 10.7 Å². The number of ether oxygens (including phenoxy) is 1. The second-order valence-electron chi connectivity index (χ2n) is 5.60. The Morgan fingerprint density at radius 2 is 2.08 bits per heavy atom. The lowest BCUT2D eigenvalue weighted by Crippen LogP contribution is -2.24. The number of hydrogen-bond donors (Lipinski definition) is 1. The first-order valence-corrected chi connectivity index (χ1v) is 8.92. The van der Waals surface area contributed by atoms with E-state index in [1.54, 1.807) is 13.3 Å². The van der Waals surface area contributed by atoms with Crippen LogP contribution in [-0.4, -0.2) is 27.4 Å². The Kier molecular flexibility index (Phi) is 4.37. The normalized spacial score (nSPS) is 10.8. The molecule has 130 valence electrons. The highest BCUT2D eigenvalue weighted by Gasteiger charge is 2.21. The second-order valence-corrected chi connectivity index (χ2v) is 6.47. The second kappa shape index (κ2) is 6.97. The summed E-state index contributed by atoms with van der Waals surface area (Å²) in [6, 6.07) is 13.2. The number of imidazole rings is 1. The van der Waals surface area contributed by atoms with Crippen molar-refractivity contribution in [2.75, 3.05) is 7.11 Å². The minimum absolute atomic E-state index is 0.225. The molecule has 1 amide bonds. The first-order valence-electron chi connectivity index (χ1n) is 8.04. The van der Waals surface area contributed by atoms with E-state index in [0.717, 1.165) is 27.7 Å². The number of fused-ring (bicyclic) bond motifs is 1. The Bertz CT molecular complexity index is 1040. The molecular formula is C19H16N4O2S. The van der Waals surface area contributed by atoms with E-state index in [0.29, 0.717) is 12.2 Å². The Morgan fingerprint density at radius 1 is 1.23 bits per heavy atom. The number of thiazole rings is 1. The molecule has 0 fully saturated rings. The zero-order valence-corrected chi connectivity index (χ0v) is 14.9. The molecule has 4 rings (SSSR count). The van der Waals surface area contributed by atoms with Gasteiger partial charge in [-0.15, -0.1) is 11.3 Å². The van der Waals surface area contributed by atoms with Crippen molar-refractivity contribution in [3.63, 3.8) is 0 Å². The van der Waals surface area contributed by atoms with Gasteiger partial charge in [-0.05, 0) is 36.4 Å². The summed E-state index contributed by atoms with van der Waals surface area (Å²) in [4.78, 5) is 22.3. The molecule has 0 aliphatic rings. The number of carbonyl (C=O) groups excluding carboxylic acids is 1. The van der Waals surface area contributed by atoms with Crippen LogP contribution in [0.25, 0.3) is 16.2 Å². The van der Waals surface area contributed by atoms with Gasteiger partial charge in [0.25, 0.3) is 5.91 Å². The summed E-state index contributed by atoms with van der Waals surface area (Å²) in [6.45, 7) is 0.354. The zero-order valence-electron chi connectivity index (χ0n) is 14.0. The number of pyridine rings is 1. The summed E-state index contributed by atoms with van der Waals surface area (Å²) in [5.74, 6) is 0.540. The van der Waals surface area contributed by atoms with E-state index >= 15 is 0 Å². The number of aromatic nitrogens is 3. The summed E-state index contributed by atoms with van der Waals surface area (Å²) in [7, 11) is 1.63. The predicted molar refractivity (Wildman–Crippen MR) is 100 cm³/mol. The smallest absolute Gasteiger partial charge is 0.272 e. The highest BCUT2D eigenvalue weighted by atomic mass is 32.1. The highest BCUT2D eigenvalue weighted by Crippen LogP contribution is 2.29. The van der Waals surface area contributed by atoms with Crippen LogP contribution in [0.2, 0.25) is 0 Å². The molecule has 0 aliphatic heterocycles. The summed E-state index contributed by atoms with van der Waals surface area (Å²) in [6.07, 6.45) is 3.62. The van der Waals surface area contributed by atoms with Crippen LogP contribution in [0.4, 0.5) is 0 Å². The molecule has 0 aliphatic carbocycles. The number of rotatable bonds is 5. The fourth-order valence-electron chi connectivity index (χ4n) is 2.73. The van der Waals surface area contributed by atoms with E-state index in [1.807, 2.05) is 58.4 Å². The maximum atomic E-state index is 12.8. The van der Waals surface area contributed by atoms with Gasteiger partial charge in [0.1, 0.15) is 5.75 Å². The third-order valence-electron chi connectivity index (χ3n) is 4.00. The van der Waals surface area contributed by atoms with E-state index < -0.39 is 0 Å². The molecule has 1 N–H and O–H groups in total. The fraction of sp³-hybridized carbons (Fsp3) is 0.105. The molecule has 0 saturated carbocycles. The van der Waals surface area contributed by atoms with Crippen LogP contribution in [0.5, 0.6) is 5.75 Å². The van der Waals surface area contributed by atoms with E-state index in [9.17, 15) is 4.79 Å². The molecule has 0 bridgehead atoms. The molecule has 3 heterocycles. The average Bonchev–Trinajstić information content (AvgIpc) is 3.28. The van der Waals surface area contributed by atoms with Gasteiger partial charge in [-0.1, -0.05) is 6.07 Å². The largest absolute Gasteiger partial charge is 0.497 e. The lowest BCUT2D eigenvalue weighted by molar-refractivity contribution is 0.0947. The van der Waals surface area contributed by atoms with Gasteiger partial charge < -0.3 is 10.1 Å². The quantitative estimate of drug-likeness (QED) is 0.589. The standard InChI is InChI=1S/C19H16N4O2S/c1-25-15-7-5-13(6-8-15)17-16(22-19-23(17)10-11-26-19)18(24)21-12-14-4-2-3-9-20-14/h2-11H,12H2,1H3,(H,21,24). The van der Waals surface area contributed by atoms with Gasteiger partial charge in [-0.3, -0.25) is 14.2 Å². The number of methoxy groups -OCH3 is 1. The number of carbonyl (C=O) groups is 1. The minimum Gasteiger partial charge on any atom is -0.497 e. The van der Waals surface area contributed by atoms with Crippen molar-refractivity contribution in [2.45, 2.75) is 6.54 Å². The van der Waals surface area contributed by atoms with Crippen molar-refractivity contribution in [2.24, 2.45) is 0 Å². The van der Waals surface area contributed by atoms with Crippen LogP contribution in [0.1, 0.15) is 16.2 Å². The molecule has 26 heavy (non-hydrogen) atoms. The van der Waals surface area contributed by atoms with Gasteiger partial charge >= 0.3 is 0 Å². The maximum Gasteiger partial charge on any atom is 0.272 e. The number of nitrogens with zero attached hydrogens (tertiary/aromatic N) is 3. The fourth-order valence-corrected chi connectivity index (χ4v) is 3.44. The molecule has 0 atom stereocenters. The number of benzene rings is 1. The SMILES string of the molecule is COc1ccc(-c2c(C(=O)NCc3ccccn3)nc3sccn23)cc1. The third-order valence-corrected chi connectivity index (χ3v) is 4.75. The van der Waals surface area contributed by atoms with Gasteiger partial charge in [-0.2, -0.15) is 0 Å². The average molecular weight is 364 g/mol. The molecule has 0 spiro atoms. The summed E-state index contributed by atoms with van der Waals surface area (Å²) in [5.41, 5.74) is 2.87. The maximum absolute atomic E-state index is 12.8. The van der Waals surface area contributed by atoms with E-state index in [1.165, 1.54) is 11.3 Å². The molecule has 0 unspecified atom stereocenters. The first-order chi connectivity index (χ1) is 12.8. The van der Waals surface area contributed by atoms with Crippen LogP contribution in [0, 0.1) is 0 Å². The summed E-state index contributed by atoms with van der Waals surface area (Å²) < 4.78 is 7.15. The van der Waals surface area contributed by atoms with Gasteiger partial charge in [0, 0.05) is 23.3 Å². The highest BCUT2D eigenvalue weighted by molar-refractivity contribution is 7.15. The molecule has 7 heteroatoms.